The van der Waals surface area contributed by atoms with Gasteiger partial charge in [0, 0.05) is 17.3 Å². The number of hydrogen-bond acceptors (Lipinski definition) is 6. The number of sulfonamides is 1. The molecule has 0 unspecified atom stereocenters. The number of rotatable bonds is 8. The predicted molar refractivity (Wildman–Crippen MR) is 111 cm³/mol. The molecule has 0 aromatic heterocycles. The third-order valence-electron chi connectivity index (χ3n) is 4.25. The number of benzene rings is 2. The minimum atomic E-state index is -3.80. The number of Topliss-reactive ketones (excluding diaryl/α,β-unsaturated/α-hetero) is 1. The second-order valence-corrected chi connectivity index (χ2v) is 8.26. The van der Waals surface area contributed by atoms with Crippen molar-refractivity contribution >= 4 is 33.1 Å². The zero-order valence-electron chi connectivity index (χ0n) is 16.9. The molecule has 0 spiro atoms. The molecule has 0 aliphatic carbocycles. The lowest BCUT2D eigenvalue weighted by Gasteiger charge is -2.28. The smallest absolute Gasteiger partial charge is 0.247 e. The second kappa shape index (κ2) is 8.95. The van der Waals surface area contributed by atoms with Crippen LogP contribution in [0.5, 0.6) is 11.5 Å². The number of methoxy groups -OCH3 is 2. The van der Waals surface area contributed by atoms with Crippen LogP contribution in [0.4, 0.5) is 11.4 Å². The van der Waals surface area contributed by atoms with E-state index < -0.39 is 22.0 Å². The standard InChI is InChI=1S/C20H24N2O6S/c1-13(20(24)21-16-8-6-7-15(11-16)14(2)23)22(29(5,25)26)17-9-10-18(27-3)19(12-17)28-4/h6-13H,1-5H3,(H,21,24)/t13-/m1/s1. The van der Waals surface area contributed by atoms with Crippen LogP contribution in [0, 0.1) is 0 Å². The van der Waals surface area contributed by atoms with Gasteiger partial charge in [-0.05, 0) is 38.1 Å². The Morgan fingerprint density at radius 3 is 2.24 bits per heavy atom. The Bertz CT molecular complexity index is 1020. The Morgan fingerprint density at radius 1 is 1.03 bits per heavy atom. The third-order valence-corrected chi connectivity index (χ3v) is 5.49. The van der Waals surface area contributed by atoms with E-state index in [4.69, 9.17) is 9.47 Å². The van der Waals surface area contributed by atoms with Crippen molar-refractivity contribution in [2.24, 2.45) is 0 Å². The molecule has 0 saturated carbocycles. The van der Waals surface area contributed by atoms with Crippen molar-refractivity contribution < 1.29 is 27.5 Å². The van der Waals surface area contributed by atoms with Crippen LogP contribution in [0.2, 0.25) is 0 Å². The van der Waals surface area contributed by atoms with Gasteiger partial charge in [-0.1, -0.05) is 12.1 Å². The van der Waals surface area contributed by atoms with E-state index in [1.54, 1.807) is 24.3 Å². The molecule has 156 valence electrons. The van der Waals surface area contributed by atoms with Crippen LogP contribution in [-0.2, 0) is 14.8 Å². The fourth-order valence-electron chi connectivity index (χ4n) is 2.83. The summed E-state index contributed by atoms with van der Waals surface area (Å²) in [4.78, 5) is 24.3. The van der Waals surface area contributed by atoms with Crippen LogP contribution in [0.1, 0.15) is 24.2 Å². The number of carbonyl (C=O) groups is 2. The maximum absolute atomic E-state index is 12.8. The minimum absolute atomic E-state index is 0.141. The molecule has 2 aromatic rings. The SMILES string of the molecule is COc1ccc(N([C@H](C)C(=O)Nc2cccc(C(C)=O)c2)S(C)(=O)=O)cc1OC. The number of amides is 1. The van der Waals surface area contributed by atoms with Crippen molar-refractivity contribution in [1.82, 2.24) is 0 Å². The largest absolute Gasteiger partial charge is 0.493 e. The van der Waals surface area contributed by atoms with E-state index in [1.165, 1.54) is 46.3 Å². The first kappa shape index (κ1) is 22.2. The number of ether oxygens (including phenoxy) is 2. The normalized spacial score (nSPS) is 12.0. The Balaban J connectivity index is 2.37. The maximum atomic E-state index is 12.8. The molecule has 0 saturated heterocycles. The van der Waals surface area contributed by atoms with Crippen LogP contribution in [-0.4, -0.2) is 46.6 Å². The summed E-state index contributed by atoms with van der Waals surface area (Å²) in [5, 5.41) is 2.66. The molecule has 2 rings (SSSR count). The molecule has 1 amide bonds. The Morgan fingerprint density at radius 2 is 1.69 bits per heavy atom. The van der Waals surface area contributed by atoms with Gasteiger partial charge in [0.2, 0.25) is 15.9 Å². The summed E-state index contributed by atoms with van der Waals surface area (Å²) in [6.07, 6.45) is 1.02. The molecule has 9 heteroatoms. The highest BCUT2D eigenvalue weighted by Crippen LogP contribution is 2.33. The van der Waals surface area contributed by atoms with Gasteiger partial charge in [-0.3, -0.25) is 13.9 Å². The molecule has 0 aliphatic rings. The van der Waals surface area contributed by atoms with Gasteiger partial charge in [0.05, 0.1) is 26.2 Å². The molecule has 0 heterocycles. The van der Waals surface area contributed by atoms with Crippen LogP contribution in [0.3, 0.4) is 0 Å². The lowest BCUT2D eigenvalue weighted by Crippen LogP contribution is -2.45. The molecule has 29 heavy (non-hydrogen) atoms. The van der Waals surface area contributed by atoms with Crippen LogP contribution in [0.25, 0.3) is 0 Å². The van der Waals surface area contributed by atoms with Gasteiger partial charge in [0.1, 0.15) is 6.04 Å². The molecule has 0 bridgehead atoms. The van der Waals surface area contributed by atoms with E-state index in [0.29, 0.717) is 22.7 Å². The van der Waals surface area contributed by atoms with E-state index >= 15 is 0 Å². The summed E-state index contributed by atoms with van der Waals surface area (Å²) < 4.78 is 36.3. The molecule has 2 aromatic carbocycles. The van der Waals surface area contributed by atoms with Gasteiger partial charge in [-0.2, -0.15) is 0 Å². The predicted octanol–water partition coefficient (Wildman–Crippen LogP) is 2.70. The molecular weight excluding hydrogens is 396 g/mol. The summed E-state index contributed by atoms with van der Waals surface area (Å²) >= 11 is 0. The second-order valence-electron chi connectivity index (χ2n) is 6.40. The van der Waals surface area contributed by atoms with Gasteiger partial charge >= 0.3 is 0 Å². The summed E-state index contributed by atoms with van der Waals surface area (Å²) in [7, 11) is -0.894. The average molecular weight is 420 g/mol. The Hall–Kier alpha value is -3.07. The highest BCUT2D eigenvalue weighted by Gasteiger charge is 2.30. The summed E-state index contributed by atoms with van der Waals surface area (Å²) in [6, 6.07) is 9.94. The summed E-state index contributed by atoms with van der Waals surface area (Å²) in [5.74, 6) is 0.0754. The molecule has 0 radical (unpaired) electrons. The van der Waals surface area contributed by atoms with Gasteiger partial charge in [0.15, 0.2) is 17.3 Å². The number of anilines is 2. The van der Waals surface area contributed by atoms with Crippen molar-refractivity contribution in [3.63, 3.8) is 0 Å². The lowest BCUT2D eigenvalue weighted by atomic mass is 10.1. The first-order valence-electron chi connectivity index (χ1n) is 8.71. The zero-order valence-corrected chi connectivity index (χ0v) is 17.7. The van der Waals surface area contributed by atoms with E-state index in [1.807, 2.05) is 0 Å². The van der Waals surface area contributed by atoms with Crippen molar-refractivity contribution in [1.29, 1.82) is 0 Å². The maximum Gasteiger partial charge on any atom is 0.247 e. The molecule has 8 nitrogen and oxygen atoms in total. The number of ketones is 1. The van der Waals surface area contributed by atoms with Crippen molar-refractivity contribution in [2.75, 3.05) is 30.1 Å². The molecule has 0 aliphatic heterocycles. The average Bonchev–Trinajstić information content (AvgIpc) is 2.66. The van der Waals surface area contributed by atoms with Crippen LogP contribution < -0.4 is 19.1 Å². The zero-order chi connectivity index (χ0) is 21.8. The molecule has 0 fully saturated rings. The van der Waals surface area contributed by atoms with Gasteiger partial charge in [0.25, 0.3) is 0 Å². The summed E-state index contributed by atoms with van der Waals surface area (Å²) in [5.41, 5.74) is 1.09. The van der Waals surface area contributed by atoms with E-state index in [0.717, 1.165) is 10.6 Å². The lowest BCUT2D eigenvalue weighted by molar-refractivity contribution is -0.116. The topological polar surface area (TPSA) is 102 Å². The number of carbonyl (C=O) groups excluding carboxylic acids is 2. The third kappa shape index (κ3) is 5.26. The summed E-state index contributed by atoms with van der Waals surface area (Å²) in [6.45, 7) is 2.90. The minimum Gasteiger partial charge on any atom is -0.493 e. The monoisotopic (exact) mass is 420 g/mol. The number of hydrogen-bond donors (Lipinski definition) is 1. The fraction of sp³-hybridized carbons (Fsp3) is 0.300. The van der Waals surface area contributed by atoms with Crippen LogP contribution in [0.15, 0.2) is 42.5 Å². The highest BCUT2D eigenvalue weighted by molar-refractivity contribution is 7.92. The Labute approximate surface area is 170 Å². The van der Waals surface area contributed by atoms with Crippen molar-refractivity contribution in [3.8, 4) is 11.5 Å². The fourth-order valence-corrected chi connectivity index (χ4v) is 4.00. The first-order chi connectivity index (χ1) is 13.6. The van der Waals surface area contributed by atoms with Gasteiger partial charge in [-0.15, -0.1) is 0 Å². The van der Waals surface area contributed by atoms with E-state index in [-0.39, 0.29) is 11.5 Å². The van der Waals surface area contributed by atoms with Gasteiger partial charge in [-0.25, -0.2) is 8.42 Å². The number of nitrogens with zero attached hydrogens (tertiary/aromatic N) is 1. The molecule has 1 atom stereocenters. The Kier molecular flexibility index (Phi) is 6.86. The van der Waals surface area contributed by atoms with Gasteiger partial charge < -0.3 is 14.8 Å². The quantitative estimate of drug-likeness (QED) is 0.659. The van der Waals surface area contributed by atoms with Crippen LogP contribution >= 0.6 is 0 Å². The first-order valence-corrected chi connectivity index (χ1v) is 10.6. The highest BCUT2D eigenvalue weighted by atomic mass is 32.2. The molecular formula is C20H24N2O6S. The van der Waals surface area contributed by atoms with E-state index in [9.17, 15) is 18.0 Å². The van der Waals surface area contributed by atoms with Crippen molar-refractivity contribution in [3.05, 3.63) is 48.0 Å². The van der Waals surface area contributed by atoms with E-state index in [2.05, 4.69) is 5.32 Å². The molecule has 1 N–H and O–H groups in total. The van der Waals surface area contributed by atoms with Crippen molar-refractivity contribution in [2.45, 2.75) is 19.9 Å². The number of nitrogens with one attached hydrogen (secondary N) is 1.